The fraction of sp³-hybridized carbons (Fsp3) is 1.00. The van der Waals surface area contributed by atoms with Gasteiger partial charge in [-0.3, -0.25) is 0 Å². The molecule has 0 aromatic carbocycles. The lowest BCUT2D eigenvalue weighted by Gasteiger charge is -2.27. The zero-order valence-corrected chi connectivity index (χ0v) is 13.6. The van der Waals surface area contributed by atoms with Crippen LogP contribution in [0.2, 0.25) is 0 Å². The first kappa shape index (κ1) is 17.0. The Kier molecular flexibility index (Phi) is 10.5. The number of unbranched alkanes of at least 4 members (excludes halogenated alkanes) is 8. The maximum absolute atomic E-state index is 3.76. The minimum absolute atomic E-state index is 0.838. The fourth-order valence-electron chi connectivity index (χ4n) is 3.21. The SMILES string of the molecule is CCCCCCCCCCCNC1CCC(C)CC1. The molecule has 1 heteroatoms. The van der Waals surface area contributed by atoms with Crippen molar-refractivity contribution < 1.29 is 0 Å². The molecule has 1 aliphatic carbocycles. The Bertz CT molecular complexity index is 182. The van der Waals surface area contributed by atoms with Crippen LogP contribution in [-0.4, -0.2) is 12.6 Å². The minimum Gasteiger partial charge on any atom is -0.314 e. The summed E-state index contributed by atoms with van der Waals surface area (Å²) in [7, 11) is 0. The van der Waals surface area contributed by atoms with Crippen molar-refractivity contribution in [2.45, 2.75) is 103 Å². The highest BCUT2D eigenvalue weighted by Gasteiger charge is 2.16. The Balaban J connectivity index is 1.76. The number of hydrogen-bond acceptors (Lipinski definition) is 1. The highest BCUT2D eigenvalue weighted by molar-refractivity contribution is 4.74. The van der Waals surface area contributed by atoms with Gasteiger partial charge in [0.1, 0.15) is 0 Å². The molecule has 1 N–H and O–H groups in total. The van der Waals surface area contributed by atoms with E-state index in [1.54, 1.807) is 0 Å². The van der Waals surface area contributed by atoms with Crippen LogP contribution in [0.15, 0.2) is 0 Å². The van der Waals surface area contributed by atoms with Crippen LogP contribution in [0.3, 0.4) is 0 Å². The Labute approximate surface area is 121 Å². The van der Waals surface area contributed by atoms with Crippen LogP contribution in [0.25, 0.3) is 0 Å². The van der Waals surface area contributed by atoms with Gasteiger partial charge in [0.2, 0.25) is 0 Å². The molecule has 0 atom stereocenters. The third kappa shape index (κ3) is 9.49. The number of rotatable bonds is 11. The van der Waals surface area contributed by atoms with Gasteiger partial charge < -0.3 is 5.32 Å². The molecule has 0 amide bonds. The van der Waals surface area contributed by atoms with Gasteiger partial charge in [-0.05, 0) is 44.6 Å². The average molecular weight is 268 g/mol. The molecular formula is C18H37N. The number of nitrogens with one attached hydrogen (secondary N) is 1. The van der Waals surface area contributed by atoms with Gasteiger partial charge in [-0.1, -0.05) is 65.2 Å². The van der Waals surface area contributed by atoms with Crippen molar-refractivity contribution >= 4 is 0 Å². The van der Waals surface area contributed by atoms with Gasteiger partial charge in [0.15, 0.2) is 0 Å². The second-order valence-electron chi connectivity index (χ2n) is 6.74. The topological polar surface area (TPSA) is 12.0 Å². The summed E-state index contributed by atoms with van der Waals surface area (Å²) in [4.78, 5) is 0. The van der Waals surface area contributed by atoms with E-state index in [0.717, 1.165) is 12.0 Å². The molecule has 0 aliphatic heterocycles. The lowest BCUT2D eigenvalue weighted by Crippen LogP contribution is -2.33. The Morgan fingerprint density at radius 2 is 1.26 bits per heavy atom. The molecule has 0 bridgehead atoms. The Morgan fingerprint density at radius 3 is 1.84 bits per heavy atom. The van der Waals surface area contributed by atoms with E-state index in [4.69, 9.17) is 0 Å². The van der Waals surface area contributed by atoms with Crippen molar-refractivity contribution in [2.75, 3.05) is 6.54 Å². The molecule has 0 aromatic rings. The van der Waals surface area contributed by atoms with Crippen molar-refractivity contribution in [3.8, 4) is 0 Å². The summed E-state index contributed by atoms with van der Waals surface area (Å²) < 4.78 is 0. The van der Waals surface area contributed by atoms with Crippen molar-refractivity contribution in [3.05, 3.63) is 0 Å². The van der Waals surface area contributed by atoms with Crippen LogP contribution in [0.4, 0.5) is 0 Å². The fourth-order valence-corrected chi connectivity index (χ4v) is 3.21. The second-order valence-corrected chi connectivity index (χ2v) is 6.74. The summed E-state index contributed by atoms with van der Waals surface area (Å²) >= 11 is 0. The monoisotopic (exact) mass is 267 g/mol. The average Bonchev–Trinajstić information content (AvgIpc) is 2.43. The van der Waals surface area contributed by atoms with E-state index in [0.29, 0.717) is 0 Å². The third-order valence-electron chi connectivity index (χ3n) is 4.73. The highest BCUT2D eigenvalue weighted by atomic mass is 14.9. The summed E-state index contributed by atoms with van der Waals surface area (Å²) in [5.41, 5.74) is 0. The van der Waals surface area contributed by atoms with Gasteiger partial charge in [0.25, 0.3) is 0 Å². The third-order valence-corrected chi connectivity index (χ3v) is 4.73. The largest absolute Gasteiger partial charge is 0.314 e. The van der Waals surface area contributed by atoms with Gasteiger partial charge >= 0.3 is 0 Å². The summed E-state index contributed by atoms with van der Waals surface area (Å²) in [5, 5.41) is 3.76. The zero-order valence-electron chi connectivity index (χ0n) is 13.6. The molecule has 0 radical (unpaired) electrons. The van der Waals surface area contributed by atoms with Gasteiger partial charge in [0.05, 0.1) is 0 Å². The summed E-state index contributed by atoms with van der Waals surface area (Å²) in [6, 6.07) is 0.838. The minimum atomic E-state index is 0.838. The molecule has 1 aliphatic rings. The summed E-state index contributed by atoms with van der Waals surface area (Å²) in [6.45, 7) is 5.95. The van der Waals surface area contributed by atoms with Crippen LogP contribution >= 0.6 is 0 Å². The maximum Gasteiger partial charge on any atom is 0.00672 e. The van der Waals surface area contributed by atoms with E-state index >= 15 is 0 Å². The van der Waals surface area contributed by atoms with Gasteiger partial charge in [0, 0.05) is 6.04 Å². The lowest BCUT2D eigenvalue weighted by atomic mass is 9.87. The number of hydrogen-bond donors (Lipinski definition) is 1. The molecule has 1 fully saturated rings. The van der Waals surface area contributed by atoms with E-state index in [1.165, 1.54) is 90.0 Å². The smallest absolute Gasteiger partial charge is 0.00672 e. The Morgan fingerprint density at radius 1 is 0.737 bits per heavy atom. The molecule has 0 unspecified atom stereocenters. The van der Waals surface area contributed by atoms with Crippen LogP contribution in [0, 0.1) is 5.92 Å². The zero-order chi connectivity index (χ0) is 13.8. The predicted molar refractivity (Wildman–Crippen MR) is 86.6 cm³/mol. The van der Waals surface area contributed by atoms with E-state index in [9.17, 15) is 0 Å². The molecule has 0 aromatic heterocycles. The first-order valence-electron chi connectivity index (χ1n) is 9.06. The predicted octanol–water partition coefficient (Wildman–Crippen LogP) is 5.69. The lowest BCUT2D eigenvalue weighted by molar-refractivity contribution is 0.306. The molecule has 0 spiro atoms. The standard InChI is InChI=1S/C18H37N/c1-3-4-5-6-7-8-9-10-11-16-19-18-14-12-17(2)13-15-18/h17-19H,3-16H2,1-2H3. The van der Waals surface area contributed by atoms with E-state index in [-0.39, 0.29) is 0 Å². The van der Waals surface area contributed by atoms with Crippen molar-refractivity contribution in [3.63, 3.8) is 0 Å². The summed E-state index contributed by atoms with van der Waals surface area (Å²) in [6.07, 6.45) is 18.6. The second kappa shape index (κ2) is 11.8. The van der Waals surface area contributed by atoms with E-state index in [1.807, 2.05) is 0 Å². The Hall–Kier alpha value is -0.0400. The van der Waals surface area contributed by atoms with Crippen LogP contribution in [0.1, 0.15) is 97.3 Å². The molecule has 19 heavy (non-hydrogen) atoms. The molecule has 1 nitrogen and oxygen atoms in total. The van der Waals surface area contributed by atoms with Crippen LogP contribution in [-0.2, 0) is 0 Å². The molecular weight excluding hydrogens is 230 g/mol. The molecule has 0 heterocycles. The molecule has 0 saturated heterocycles. The normalized spacial score (nSPS) is 23.7. The molecule has 1 rings (SSSR count). The molecule has 114 valence electrons. The maximum atomic E-state index is 3.76. The first-order chi connectivity index (χ1) is 9.33. The highest BCUT2D eigenvalue weighted by Crippen LogP contribution is 2.23. The van der Waals surface area contributed by atoms with Crippen LogP contribution < -0.4 is 5.32 Å². The summed E-state index contributed by atoms with van der Waals surface area (Å²) in [5.74, 6) is 0.978. The van der Waals surface area contributed by atoms with E-state index in [2.05, 4.69) is 19.2 Å². The molecule has 1 saturated carbocycles. The van der Waals surface area contributed by atoms with E-state index < -0.39 is 0 Å². The van der Waals surface area contributed by atoms with Gasteiger partial charge in [-0.25, -0.2) is 0 Å². The van der Waals surface area contributed by atoms with Gasteiger partial charge in [-0.15, -0.1) is 0 Å². The van der Waals surface area contributed by atoms with Gasteiger partial charge in [-0.2, -0.15) is 0 Å². The van der Waals surface area contributed by atoms with Crippen molar-refractivity contribution in [1.82, 2.24) is 5.32 Å². The first-order valence-corrected chi connectivity index (χ1v) is 9.06. The van der Waals surface area contributed by atoms with Crippen molar-refractivity contribution in [1.29, 1.82) is 0 Å². The quantitative estimate of drug-likeness (QED) is 0.474. The van der Waals surface area contributed by atoms with Crippen LogP contribution in [0.5, 0.6) is 0 Å². The van der Waals surface area contributed by atoms with Crippen molar-refractivity contribution in [2.24, 2.45) is 5.92 Å².